The van der Waals surface area contributed by atoms with Crippen LogP contribution in [0.4, 0.5) is 5.69 Å². The van der Waals surface area contributed by atoms with Gasteiger partial charge in [-0.1, -0.05) is 56.4 Å². The third-order valence-electron chi connectivity index (χ3n) is 4.39. The molecular formula is C21H29NO3. The summed E-state index contributed by atoms with van der Waals surface area (Å²) in [5.41, 5.74) is 2.36. The Morgan fingerprint density at radius 1 is 1.20 bits per heavy atom. The summed E-state index contributed by atoms with van der Waals surface area (Å²) in [7, 11) is 0. The number of amides is 1. The van der Waals surface area contributed by atoms with Gasteiger partial charge in [0.15, 0.2) is 0 Å². The largest absolute Gasteiger partial charge is 0.343 e. The maximum atomic E-state index is 12.8. The zero-order valence-electron chi connectivity index (χ0n) is 15.7. The third kappa shape index (κ3) is 4.79. The van der Waals surface area contributed by atoms with Gasteiger partial charge in [-0.3, -0.25) is 14.5 Å². The normalized spacial score (nSPS) is 17.4. The molecule has 0 saturated carbocycles. The van der Waals surface area contributed by atoms with Gasteiger partial charge in [-0.2, -0.15) is 0 Å². The lowest BCUT2D eigenvalue weighted by molar-refractivity contribution is -0.119. The Labute approximate surface area is 150 Å². The molecule has 0 aliphatic carbocycles. The standard InChI is InChI=1S/C21H29NO3/c1-5-6-7-8-11-17(14-15(2)3)25-21-20(24)18-12-9-10-13-19(18)22(21)16(4)23/h9-10,12-14,17,21H,5-8,11H2,1-4H3/t17-,21?/m0/s1. The van der Waals surface area contributed by atoms with Crippen molar-refractivity contribution in [3.8, 4) is 0 Å². The zero-order chi connectivity index (χ0) is 18.4. The van der Waals surface area contributed by atoms with Crippen molar-refractivity contribution >= 4 is 17.4 Å². The van der Waals surface area contributed by atoms with Crippen molar-refractivity contribution < 1.29 is 14.3 Å². The van der Waals surface area contributed by atoms with Crippen LogP contribution in [0.3, 0.4) is 0 Å². The van der Waals surface area contributed by atoms with Crippen LogP contribution < -0.4 is 4.90 Å². The predicted octanol–water partition coefficient (Wildman–Crippen LogP) is 4.88. The first-order valence-corrected chi connectivity index (χ1v) is 9.19. The number of allylic oxidation sites excluding steroid dienone is 1. The van der Waals surface area contributed by atoms with Crippen molar-refractivity contribution in [3.05, 3.63) is 41.5 Å². The summed E-state index contributed by atoms with van der Waals surface area (Å²) >= 11 is 0. The van der Waals surface area contributed by atoms with E-state index < -0.39 is 6.23 Å². The minimum absolute atomic E-state index is 0.133. The molecule has 4 nitrogen and oxygen atoms in total. The molecule has 1 aromatic carbocycles. The Morgan fingerprint density at radius 2 is 1.92 bits per heavy atom. The highest BCUT2D eigenvalue weighted by molar-refractivity contribution is 6.16. The van der Waals surface area contributed by atoms with E-state index in [1.165, 1.54) is 24.7 Å². The smallest absolute Gasteiger partial charge is 0.226 e. The number of anilines is 1. The summed E-state index contributed by atoms with van der Waals surface area (Å²) in [5.74, 6) is -0.309. The molecule has 0 spiro atoms. The summed E-state index contributed by atoms with van der Waals surface area (Å²) in [4.78, 5) is 26.4. The third-order valence-corrected chi connectivity index (χ3v) is 4.39. The number of ether oxygens (including phenoxy) is 1. The van der Waals surface area contributed by atoms with Crippen LogP contribution >= 0.6 is 0 Å². The van der Waals surface area contributed by atoms with Crippen LogP contribution in [0.2, 0.25) is 0 Å². The van der Waals surface area contributed by atoms with Crippen LogP contribution in [-0.2, 0) is 9.53 Å². The van der Waals surface area contributed by atoms with E-state index in [9.17, 15) is 9.59 Å². The number of unbranched alkanes of at least 4 members (excludes halogenated alkanes) is 3. The number of fused-ring (bicyclic) bond motifs is 1. The number of carbonyl (C=O) groups excluding carboxylic acids is 2. The van der Waals surface area contributed by atoms with Crippen LogP contribution in [-0.4, -0.2) is 24.0 Å². The van der Waals surface area contributed by atoms with E-state index in [1.54, 1.807) is 12.1 Å². The van der Waals surface area contributed by atoms with Crippen molar-refractivity contribution in [2.45, 2.75) is 72.1 Å². The minimum Gasteiger partial charge on any atom is -0.343 e. The van der Waals surface area contributed by atoms with Crippen LogP contribution in [0.1, 0.15) is 70.2 Å². The Morgan fingerprint density at radius 3 is 2.56 bits per heavy atom. The fraction of sp³-hybridized carbons (Fsp3) is 0.524. The molecule has 2 rings (SSSR count). The van der Waals surface area contributed by atoms with Crippen molar-refractivity contribution in [3.63, 3.8) is 0 Å². The van der Waals surface area contributed by atoms with Crippen LogP contribution in [0.25, 0.3) is 0 Å². The molecule has 1 unspecified atom stereocenters. The second kappa shape index (κ2) is 8.95. The molecule has 0 radical (unpaired) electrons. The Balaban J connectivity index is 2.18. The summed E-state index contributed by atoms with van der Waals surface area (Å²) in [6, 6.07) is 7.21. The summed E-state index contributed by atoms with van der Waals surface area (Å²) in [6.07, 6.45) is 6.49. The van der Waals surface area contributed by atoms with Gasteiger partial charge in [-0.05, 0) is 32.4 Å². The second-order valence-electron chi connectivity index (χ2n) is 6.89. The molecule has 1 heterocycles. The number of nitrogens with zero attached hydrogens (tertiary/aromatic N) is 1. The lowest BCUT2D eigenvalue weighted by Gasteiger charge is -2.26. The number of benzene rings is 1. The average molecular weight is 343 g/mol. The monoisotopic (exact) mass is 343 g/mol. The molecule has 0 fully saturated rings. The highest BCUT2D eigenvalue weighted by Gasteiger charge is 2.41. The number of para-hydroxylation sites is 1. The fourth-order valence-electron chi connectivity index (χ4n) is 3.23. The van der Waals surface area contributed by atoms with Crippen LogP contribution in [0.15, 0.2) is 35.9 Å². The number of hydrogen-bond donors (Lipinski definition) is 0. The van der Waals surface area contributed by atoms with E-state index in [2.05, 4.69) is 13.0 Å². The summed E-state index contributed by atoms with van der Waals surface area (Å²) < 4.78 is 6.15. The molecule has 1 aliphatic heterocycles. The zero-order valence-corrected chi connectivity index (χ0v) is 15.7. The van der Waals surface area contributed by atoms with Gasteiger partial charge >= 0.3 is 0 Å². The van der Waals surface area contributed by atoms with Crippen LogP contribution in [0, 0.1) is 0 Å². The van der Waals surface area contributed by atoms with Gasteiger partial charge in [0.1, 0.15) is 0 Å². The first-order valence-electron chi connectivity index (χ1n) is 9.19. The van der Waals surface area contributed by atoms with Gasteiger partial charge in [0.2, 0.25) is 17.9 Å². The number of carbonyl (C=O) groups is 2. The molecule has 2 atom stereocenters. The van der Waals surface area contributed by atoms with Gasteiger partial charge in [0, 0.05) is 12.5 Å². The maximum Gasteiger partial charge on any atom is 0.226 e. The Kier molecular flexibility index (Phi) is 6.94. The molecular weight excluding hydrogens is 314 g/mol. The summed E-state index contributed by atoms with van der Waals surface area (Å²) in [6.45, 7) is 7.71. The fourth-order valence-corrected chi connectivity index (χ4v) is 3.23. The van der Waals surface area contributed by atoms with E-state index >= 15 is 0 Å². The molecule has 0 aromatic heterocycles. The molecule has 136 valence electrons. The second-order valence-corrected chi connectivity index (χ2v) is 6.89. The Hall–Kier alpha value is -1.94. The van der Waals surface area contributed by atoms with E-state index in [1.807, 2.05) is 26.0 Å². The first kappa shape index (κ1) is 19.4. The lowest BCUT2D eigenvalue weighted by Crippen LogP contribution is -2.42. The summed E-state index contributed by atoms with van der Waals surface area (Å²) in [5, 5.41) is 0. The van der Waals surface area contributed by atoms with E-state index in [0.29, 0.717) is 11.3 Å². The predicted molar refractivity (Wildman–Crippen MR) is 101 cm³/mol. The van der Waals surface area contributed by atoms with Gasteiger partial charge in [-0.25, -0.2) is 0 Å². The van der Waals surface area contributed by atoms with Crippen molar-refractivity contribution in [2.24, 2.45) is 0 Å². The lowest BCUT2D eigenvalue weighted by atomic mass is 10.1. The molecule has 1 amide bonds. The van der Waals surface area contributed by atoms with E-state index in [0.717, 1.165) is 24.8 Å². The molecule has 0 bridgehead atoms. The van der Waals surface area contributed by atoms with Gasteiger partial charge in [0.05, 0.1) is 11.8 Å². The number of Topliss-reactive ketones (excluding diaryl/α,β-unsaturated/α-hetero) is 1. The van der Waals surface area contributed by atoms with Crippen molar-refractivity contribution in [1.82, 2.24) is 0 Å². The number of ketones is 1. The molecule has 0 N–H and O–H groups in total. The first-order chi connectivity index (χ1) is 12.0. The molecule has 0 saturated heterocycles. The Bertz CT molecular complexity index is 646. The van der Waals surface area contributed by atoms with Crippen molar-refractivity contribution in [2.75, 3.05) is 4.90 Å². The molecule has 1 aromatic rings. The van der Waals surface area contributed by atoms with Crippen LogP contribution in [0.5, 0.6) is 0 Å². The van der Waals surface area contributed by atoms with Gasteiger partial charge in [-0.15, -0.1) is 0 Å². The van der Waals surface area contributed by atoms with Gasteiger partial charge < -0.3 is 4.74 Å². The van der Waals surface area contributed by atoms with Crippen molar-refractivity contribution in [1.29, 1.82) is 0 Å². The minimum atomic E-state index is -0.860. The molecule has 4 heteroatoms. The number of hydrogen-bond acceptors (Lipinski definition) is 3. The average Bonchev–Trinajstić information content (AvgIpc) is 2.84. The van der Waals surface area contributed by atoms with Gasteiger partial charge in [0.25, 0.3) is 0 Å². The maximum absolute atomic E-state index is 12.8. The molecule has 1 aliphatic rings. The highest BCUT2D eigenvalue weighted by Crippen LogP contribution is 2.33. The topological polar surface area (TPSA) is 46.6 Å². The number of rotatable bonds is 8. The quantitative estimate of drug-likeness (QED) is 0.499. The van der Waals surface area contributed by atoms with E-state index in [4.69, 9.17) is 4.74 Å². The van der Waals surface area contributed by atoms with E-state index in [-0.39, 0.29) is 17.8 Å². The highest BCUT2D eigenvalue weighted by atomic mass is 16.5. The molecule has 25 heavy (non-hydrogen) atoms. The SMILES string of the molecule is CCCCCC[C@@H](C=C(C)C)OC1C(=O)c2ccccc2N1C(C)=O.